The van der Waals surface area contributed by atoms with Crippen molar-refractivity contribution in [2.45, 2.75) is 25.9 Å². The molecular formula is C26H23ClN4O4. The lowest BCUT2D eigenvalue weighted by atomic mass is 10.0. The minimum atomic E-state index is -0.364. The molecule has 0 aliphatic carbocycles. The maximum Gasteiger partial charge on any atom is 0.342 e. The number of rotatable bonds is 6. The van der Waals surface area contributed by atoms with E-state index in [0.29, 0.717) is 53.9 Å². The van der Waals surface area contributed by atoms with Crippen molar-refractivity contribution in [2.75, 3.05) is 25.1 Å². The summed E-state index contributed by atoms with van der Waals surface area (Å²) in [4.78, 5) is 25.6. The third kappa shape index (κ3) is 3.88. The Kier molecular flexibility index (Phi) is 5.54. The first-order chi connectivity index (χ1) is 17.1. The fraction of sp³-hybridized carbons (Fsp3) is 0.269. The van der Waals surface area contributed by atoms with Gasteiger partial charge < -0.3 is 24.5 Å². The van der Waals surface area contributed by atoms with E-state index >= 15 is 0 Å². The van der Waals surface area contributed by atoms with Crippen LogP contribution in [0.15, 0.2) is 42.6 Å². The van der Waals surface area contributed by atoms with Crippen LogP contribution in [0.5, 0.6) is 5.88 Å². The van der Waals surface area contributed by atoms with E-state index in [2.05, 4.69) is 15.3 Å². The summed E-state index contributed by atoms with van der Waals surface area (Å²) >= 11 is 6.47. The summed E-state index contributed by atoms with van der Waals surface area (Å²) in [6.45, 7) is 3.49. The van der Waals surface area contributed by atoms with E-state index in [1.54, 1.807) is 6.20 Å². The van der Waals surface area contributed by atoms with E-state index in [9.17, 15) is 4.79 Å². The Balaban J connectivity index is 1.52. The molecule has 3 aromatic heterocycles. The van der Waals surface area contributed by atoms with Crippen molar-refractivity contribution in [3.8, 4) is 17.1 Å². The predicted molar refractivity (Wildman–Crippen MR) is 133 cm³/mol. The molecule has 2 aliphatic heterocycles. The van der Waals surface area contributed by atoms with E-state index < -0.39 is 0 Å². The van der Waals surface area contributed by atoms with Gasteiger partial charge in [-0.2, -0.15) is 0 Å². The van der Waals surface area contributed by atoms with E-state index in [-0.39, 0.29) is 12.1 Å². The molecule has 35 heavy (non-hydrogen) atoms. The molecule has 8 nitrogen and oxygen atoms in total. The Morgan fingerprint density at radius 3 is 2.91 bits per heavy atom. The number of nitrogens with one attached hydrogen (secondary N) is 2. The van der Waals surface area contributed by atoms with Gasteiger partial charge in [0.25, 0.3) is 0 Å². The second kappa shape index (κ2) is 8.87. The molecule has 1 aromatic carbocycles. The summed E-state index contributed by atoms with van der Waals surface area (Å²) in [5, 5.41) is 4.16. The van der Waals surface area contributed by atoms with Gasteiger partial charge in [-0.05, 0) is 36.2 Å². The number of benzene rings is 1. The predicted octanol–water partition coefficient (Wildman–Crippen LogP) is 5.07. The number of esters is 1. The first-order valence-corrected chi connectivity index (χ1v) is 12.0. The lowest BCUT2D eigenvalue weighted by Gasteiger charge is -2.26. The smallest absolute Gasteiger partial charge is 0.342 e. The number of halogens is 1. The van der Waals surface area contributed by atoms with Crippen LogP contribution >= 0.6 is 11.6 Å². The summed E-state index contributed by atoms with van der Waals surface area (Å²) in [5.41, 5.74) is 6.68. The van der Waals surface area contributed by atoms with Gasteiger partial charge in [-0.3, -0.25) is 4.98 Å². The van der Waals surface area contributed by atoms with Crippen LogP contribution in [0, 0.1) is 0 Å². The van der Waals surface area contributed by atoms with Gasteiger partial charge in [-0.1, -0.05) is 24.6 Å². The number of carbonyl (C=O) groups is 1. The topological polar surface area (TPSA) is 98.4 Å². The van der Waals surface area contributed by atoms with E-state index in [1.165, 1.54) is 0 Å². The minimum absolute atomic E-state index is 0.000153. The van der Waals surface area contributed by atoms with Gasteiger partial charge in [0.05, 0.1) is 36.7 Å². The number of fused-ring (bicyclic) bond motifs is 2. The number of anilines is 2. The van der Waals surface area contributed by atoms with Gasteiger partial charge in [0.15, 0.2) is 0 Å². The highest BCUT2D eigenvalue weighted by Crippen LogP contribution is 2.41. The van der Waals surface area contributed by atoms with Crippen molar-refractivity contribution in [1.29, 1.82) is 0 Å². The number of pyridine rings is 2. The van der Waals surface area contributed by atoms with Gasteiger partial charge in [0, 0.05) is 40.7 Å². The van der Waals surface area contributed by atoms with Crippen molar-refractivity contribution in [3.63, 3.8) is 0 Å². The van der Waals surface area contributed by atoms with Gasteiger partial charge >= 0.3 is 5.97 Å². The molecule has 5 heterocycles. The van der Waals surface area contributed by atoms with Crippen LogP contribution in [0.1, 0.15) is 28.5 Å². The molecule has 0 bridgehead atoms. The van der Waals surface area contributed by atoms with Crippen molar-refractivity contribution in [1.82, 2.24) is 15.0 Å². The summed E-state index contributed by atoms with van der Waals surface area (Å²) in [5.74, 6) is 0.144. The normalized spacial score (nSPS) is 15.4. The second-order valence-electron chi connectivity index (χ2n) is 8.51. The number of hydrogen-bond donors (Lipinski definition) is 2. The number of aromatic amines is 1. The summed E-state index contributed by atoms with van der Waals surface area (Å²) in [6.07, 6.45) is 3.07. The number of carbonyl (C=O) groups excluding carboxylic acids is 1. The fourth-order valence-electron chi connectivity index (χ4n) is 4.51. The maximum atomic E-state index is 12.9. The first kappa shape index (κ1) is 21.9. The van der Waals surface area contributed by atoms with E-state index in [1.807, 2.05) is 43.3 Å². The Bertz CT molecular complexity index is 1450. The second-order valence-corrected chi connectivity index (χ2v) is 8.92. The third-order valence-corrected chi connectivity index (χ3v) is 6.68. The van der Waals surface area contributed by atoms with E-state index in [4.69, 9.17) is 30.8 Å². The van der Waals surface area contributed by atoms with Crippen LogP contribution in [-0.4, -0.2) is 46.8 Å². The van der Waals surface area contributed by atoms with Crippen LogP contribution in [0.2, 0.25) is 5.02 Å². The number of cyclic esters (lactones) is 1. The Morgan fingerprint density at radius 2 is 2.11 bits per heavy atom. The molecule has 0 amide bonds. The van der Waals surface area contributed by atoms with Gasteiger partial charge in [0.1, 0.15) is 17.2 Å². The summed E-state index contributed by atoms with van der Waals surface area (Å²) in [7, 11) is 0. The van der Waals surface area contributed by atoms with Gasteiger partial charge in [-0.25, -0.2) is 9.78 Å². The number of H-pyrrole nitrogens is 1. The van der Waals surface area contributed by atoms with Crippen LogP contribution in [-0.2, 0) is 22.3 Å². The lowest BCUT2D eigenvalue weighted by Crippen LogP contribution is -2.38. The Morgan fingerprint density at radius 1 is 1.23 bits per heavy atom. The molecule has 0 unspecified atom stereocenters. The lowest BCUT2D eigenvalue weighted by molar-refractivity contribution is -0.0812. The van der Waals surface area contributed by atoms with Crippen molar-refractivity contribution < 1.29 is 19.0 Å². The van der Waals surface area contributed by atoms with Crippen LogP contribution < -0.4 is 10.1 Å². The molecule has 0 atom stereocenters. The Hall–Kier alpha value is -3.62. The van der Waals surface area contributed by atoms with E-state index in [0.717, 1.165) is 40.1 Å². The Labute approximate surface area is 206 Å². The molecule has 1 saturated heterocycles. The molecule has 2 aliphatic rings. The molecule has 2 N–H and O–H groups in total. The standard InChI is InChI=1S/C26H23ClN4O4/c1-2-15-17(27)4-3-5-18(15)29-25-22-19(9-11-34-26(22)32)30-24(25)16-8-10-28-20-6-7-21(31-23(16)20)35-14-12-33-13-14/h3-8,10,14,29-30H,2,9,11-13H2,1H3. The zero-order chi connectivity index (χ0) is 23.9. The zero-order valence-corrected chi connectivity index (χ0v) is 19.8. The number of nitrogens with zero attached hydrogens (tertiary/aromatic N) is 2. The van der Waals surface area contributed by atoms with Crippen molar-refractivity contribution in [2.24, 2.45) is 0 Å². The number of aromatic nitrogens is 3. The van der Waals surface area contributed by atoms with Crippen molar-refractivity contribution >= 4 is 40.0 Å². The zero-order valence-electron chi connectivity index (χ0n) is 19.1. The average Bonchev–Trinajstić information content (AvgIpc) is 3.20. The average molecular weight is 491 g/mol. The summed E-state index contributed by atoms with van der Waals surface area (Å²) in [6, 6.07) is 11.3. The minimum Gasteiger partial charge on any atom is -0.469 e. The van der Waals surface area contributed by atoms with Crippen LogP contribution in [0.3, 0.4) is 0 Å². The quantitative estimate of drug-likeness (QED) is 0.364. The molecule has 0 spiro atoms. The molecular weight excluding hydrogens is 468 g/mol. The number of hydrogen-bond acceptors (Lipinski definition) is 7. The summed E-state index contributed by atoms with van der Waals surface area (Å²) < 4.78 is 16.5. The maximum absolute atomic E-state index is 12.9. The molecule has 6 rings (SSSR count). The van der Waals surface area contributed by atoms with Crippen molar-refractivity contribution in [3.05, 3.63) is 64.4 Å². The third-order valence-electron chi connectivity index (χ3n) is 6.32. The highest BCUT2D eigenvalue weighted by atomic mass is 35.5. The monoisotopic (exact) mass is 490 g/mol. The SMILES string of the molecule is CCc1c(Cl)cccc1Nc1c(-c2ccnc3ccc(OC4COC4)nc23)[nH]c2c1C(=O)OCC2. The van der Waals surface area contributed by atoms with Gasteiger partial charge in [-0.15, -0.1) is 0 Å². The molecule has 178 valence electrons. The molecule has 0 saturated carbocycles. The van der Waals surface area contributed by atoms with Gasteiger partial charge in [0.2, 0.25) is 5.88 Å². The fourth-order valence-corrected chi connectivity index (χ4v) is 4.81. The largest absolute Gasteiger partial charge is 0.469 e. The first-order valence-electron chi connectivity index (χ1n) is 11.6. The molecule has 0 radical (unpaired) electrons. The van der Waals surface area contributed by atoms with Crippen LogP contribution in [0.25, 0.3) is 22.3 Å². The molecule has 1 fully saturated rings. The highest BCUT2D eigenvalue weighted by Gasteiger charge is 2.30. The molecule has 9 heteroatoms. The molecule has 4 aromatic rings. The van der Waals surface area contributed by atoms with Crippen LogP contribution in [0.4, 0.5) is 11.4 Å². The highest BCUT2D eigenvalue weighted by molar-refractivity contribution is 6.31. The number of ether oxygens (including phenoxy) is 3.